The molecule has 0 radical (unpaired) electrons. The molecule has 1 aliphatic rings. The van der Waals surface area contributed by atoms with E-state index < -0.39 is 0 Å². The topological polar surface area (TPSA) is 80.9 Å². The molecule has 1 aromatic carbocycles. The van der Waals surface area contributed by atoms with Crippen molar-refractivity contribution in [2.24, 2.45) is 4.99 Å². The van der Waals surface area contributed by atoms with Crippen molar-refractivity contribution >= 4 is 29.9 Å². The summed E-state index contributed by atoms with van der Waals surface area (Å²) in [6.07, 6.45) is 0.780. The highest BCUT2D eigenvalue weighted by atomic mass is 127. The zero-order valence-corrected chi connectivity index (χ0v) is 17.4. The van der Waals surface area contributed by atoms with Gasteiger partial charge in [-0.2, -0.15) is 0 Å². The zero-order chi connectivity index (χ0) is 17.5. The van der Waals surface area contributed by atoms with E-state index in [9.17, 15) is 0 Å². The van der Waals surface area contributed by atoms with Crippen molar-refractivity contribution in [3.63, 3.8) is 0 Å². The summed E-state index contributed by atoms with van der Waals surface area (Å²) < 4.78 is 16.9. The molecule has 2 N–H and O–H groups in total. The Hall–Kier alpha value is -1.97. The molecule has 0 saturated heterocycles. The minimum absolute atomic E-state index is 0. The van der Waals surface area contributed by atoms with Crippen molar-refractivity contribution in [3.05, 3.63) is 41.8 Å². The third kappa shape index (κ3) is 5.52. The van der Waals surface area contributed by atoms with Crippen LogP contribution in [0.15, 0.2) is 39.8 Å². The smallest absolute Gasteiger partial charge is 0.191 e. The summed E-state index contributed by atoms with van der Waals surface area (Å²) in [6, 6.07) is 9.63. The van der Waals surface area contributed by atoms with Crippen LogP contribution in [0.25, 0.3) is 0 Å². The van der Waals surface area contributed by atoms with Gasteiger partial charge in [-0.15, -0.1) is 24.0 Å². The fraction of sp³-hybridized carbons (Fsp3) is 0.444. The summed E-state index contributed by atoms with van der Waals surface area (Å²) in [6.45, 7) is 6.38. The maximum atomic E-state index is 5.94. The summed E-state index contributed by atoms with van der Waals surface area (Å²) in [5.41, 5.74) is 0.939. The molecule has 2 heterocycles. The standard InChI is InChI=1S/C18H24N4O3.HI/c1-3-13-9-14(25-22-13)10-20-18(19-4-2)21-11-15-12-23-16-7-5-6-8-17(16)24-15;/h5-9,15H,3-4,10-12H2,1-2H3,(H2,19,20,21);1H. The first-order chi connectivity index (χ1) is 12.3. The van der Waals surface area contributed by atoms with Gasteiger partial charge in [-0.1, -0.05) is 24.2 Å². The Kier molecular flexibility index (Phi) is 8.02. The van der Waals surface area contributed by atoms with E-state index in [1.165, 1.54) is 0 Å². The number of fused-ring (bicyclic) bond motifs is 1. The molecular formula is C18H25IN4O3. The first-order valence-electron chi connectivity index (χ1n) is 8.63. The molecule has 7 nitrogen and oxygen atoms in total. The largest absolute Gasteiger partial charge is 0.486 e. The Morgan fingerprint density at radius 3 is 2.77 bits per heavy atom. The number of halogens is 1. The van der Waals surface area contributed by atoms with E-state index in [2.05, 4.69) is 20.8 Å². The second kappa shape index (κ2) is 10.2. The molecule has 0 spiro atoms. The fourth-order valence-corrected chi connectivity index (χ4v) is 2.47. The molecule has 0 fully saturated rings. The average molecular weight is 472 g/mol. The third-order valence-electron chi connectivity index (χ3n) is 3.77. The van der Waals surface area contributed by atoms with E-state index in [0.29, 0.717) is 25.7 Å². The fourth-order valence-electron chi connectivity index (χ4n) is 2.47. The minimum atomic E-state index is -0.0734. The molecule has 1 aliphatic heterocycles. The predicted molar refractivity (Wildman–Crippen MR) is 110 cm³/mol. The van der Waals surface area contributed by atoms with Crippen LogP contribution in [0.2, 0.25) is 0 Å². The number of aromatic nitrogens is 1. The van der Waals surface area contributed by atoms with E-state index >= 15 is 0 Å². The number of aryl methyl sites for hydroxylation is 1. The zero-order valence-electron chi connectivity index (χ0n) is 15.0. The third-order valence-corrected chi connectivity index (χ3v) is 3.77. The molecule has 1 unspecified atom stereocenters. The van der Waals surface area contributed by atoms with Crippen LogP contribution in [0, 0.1) is 0 Å². The second-order valence-electron chi connectivity index (χ2n) is 5.71. The molecule has 0 saturated carbocycles. The first kappa shape index (κ1) is 20.3. The number of ether oxygens (including phenoxy) is 2. The lowest BCUT2D eigenvalue weighted by Crippen LogP contribution is -2.45. The number of guanidine groups is 1. The number of hydrogen-bond donors (Lipinski definition) is 2. The SMILES string of the molecule is CCNC(=NCc1cc(CC)no1)NCC1COc2ccccc2O1.I. The van der Waals surface area contributed by atoms with Crippen LogP contribution >= 0.6 is 24.0 Å². The second-order valence-corrected chi connectivity index (χ2v) is 5.71. The molecule has 0 bridgehead atoms. The van der Waals surface area contributed by atoms with Gasteiger partial charge in [0.05, 0.1) is 12.2 Å². The van der Waals surface area contributed by atoms with Gasteiger partial charge in [-0.3, -0.25) is 0 Å². The molecule has 2 aromatic rings. The van der Waals surface area contributed by atoms with E-state index in [0.717, 1.165) is 35.9 Å². The number of nitrogens with one attached hydrogen (secondary N) is 2. The van der Waals surface area contributed by atoms with Gasteiger partial charge < -0.3 is 24.6 Å². The quantitative estimate of drug-likeness (QED) is 0.383. The number of rotatable bonds is 6. The maximum Gasteiger partial charge on any atom is 0.191 e. The van der Waals surface area contributed by atoms with Gasteiger partial charge in [0.25, 0.3) is 0 Å². The van der Waals surface area contributed by atoms with Crippen molar-refractivity contribution in [1.82, 2.24) is 15.8 Å². The van der Waals surface area contributed by atoms with Crippen molar-refractivity contribution in [3.8, 4) is 11.5 Å². The molecule has 1 atom stereocenters. The van der Waals surface area contributed by atoms with Crippen molar-refractivity contribution in [2.75, 3.05) is 19.7 Å². The summed E-state index contributed by atoms with van der Waals surface area (Å²) >= 11 is 0. The van der Waals surface area contributed by atoms with E-state index in [1.54, 1.807) is 0 Å². The number of nitrogens with zero attached hydrogens (tertiary/aromatic N) is 2. The summed E-state index contributed by atoms with van der Waals surface area (Å²) in [5, 5.41) is 10.5. The Morgan fingerprint density at radius 1 is 1.23 bits per heavy atom. The number of benzene rings is 1. The molecule has 26 heavy (non-hydrogen) atoms. The molecular weight excluding hydrogens is 447 g/mol. The van der Waals surface area contributed by atoms with E-state index in [1.807, 2.05) is 44.2 Å². The average Bonchev–Trinajstić information content (AvgIpc) is 3.12. The van der Waals surface area contributed by atoms with Crippen LogP contribution < -0.4 is 20.1 Å². The normalized spacial score (nSPS) is 15.9. The lowest BCUT2D eigenvalue weighted by Gasteiger charge is -2.27. The van der Waals surface area contributed by atoms with Gasteiger partial charge in [0.2, 0.25) is 0 Å². The molecule has 8 heteroatoms. The number of aliphatic imine (C=N–C) groups is 1. The highest BCUT2D eigenvalue weighted by molar-refractivity contribution is 14.0. The Labute approximate surface area is 170 Å². The molecule has 0 aliphatic carbocycles. The van der Waals surface area contributed by atoms with Crippen molar-refractivity contribution < 1.29 is 14.0 Å². The van der Waals surface area contributed by atoms with Crippen LogP contribution in [0.3, 0.4) is 0 Å². The van der Waals surface area contributed by atoms with Crippen LogP contribution in [0.1, 0.15) is 25.3 Å². The maximum absolute atomic E-state index is 5.94. The van der Waals surface area contributed by atoms with Crippen LogP contribution in [-0.4, -0.2) is 36.9 Å². The Bertz CT molecular complexity index is 720. The lowest BCUT2D eigenvalue weighted by atomic mass is 10.2. The van der Waals surface area contributed by atoms with Gasteiger partial charge in [0.1, 0.15) is 19.3 Å². The first-order valence-corrected chi connectivity index (χ1v) is 8.63. The Morgan fingerprint density at radius 2 is 2.04 bits per heavy atom. The Balaban J connectivity index is 0.00000243. The molecule has 3 rings (SSSR count). The molecule has 142 valence electrons. The number of para-hydroxylation sites is 2. The highest BCUT2D eigenvalue weighted by Gasteiger charge is 2.20. The van der Waals surface area contributed by atoms with E-state index in [4.69, 9.17) is 14.0 Å². The van der Waals surface area contributed by atoms with Gasteiger partial charge in [-0.05, 0) is 25.5 Å². The van der Waals surface area contributed by atoms with Crippen LogP contribution in [-0.2, 0) is 13.0 Å². The van der Waals surface area contributed by atoms with Gasteiger partial charge in [0, 0.05) is 12.6 Å². The van der Waals surface area contributed by atoms with Gasteiger partial charge >= 0.3 is 0 Å². The summed E-state index contributed by atoms with van der Waals surface area (Å²) in [5.74, 6) is 3.02. The van der Waals surface area contributed by atoms with Crippen molar-refractivity contribution in [1.29, 1.82) is 0 Å². The van der Waals surface area contributed by atoms with Crippen LogP contribution in [0.4, 0.5) is 0 Å². The summed E-state index contributed by atoms with van der Waals surface area (Å²) in [7, 11) is 0. The van der Waals surface area contributed by atoms with Crippen molar-refractivity contribution in [2.45, 2.75) is 32.9 Å². The van der Waals surface area contributed by atoms with Crippen LogP contribution in [0.5, 0.6) is 11.5 Å². The molecule has 0 amide bonds. The van der Waals surface area contributed by atoms with Gasteiger partial charge in [0.15, 0.2) is 23.2 Å². The lowest BCUT2D eigenvalue weighted by molar-refractivity contribution is 0.0936. The molecule has 1 aromatic heterocycles. The number of hydrogen-bond acceptors (Lipinski definition) is 5. The predicted octanol–water partition coefficient (Wildman–Crippen LogP) is 2.75. The minimum Gasteiger partial charge on any atom is -0.486 e. The monoisotopic (exact) mass is 472 g/mol. The van der Waals surface area contributed by atoms with Gasteiger partial charge in [-0.25, -0.2) is 4.99 Å². The van der Waals surface area contributed by atoms with E-state index in [-0.39, 0.29) is 30.1 Å². The highest BCUT2D eigenvalue weighted by Crippen LogP contribution is 2.30. The summed E-state index contributed by atoms with van der Waals surface area (Å²) in [4.78, 5) is 4.52.